The zero-order valence-corrected chi connectivity index (χ0v) is 15.1. The Balaban J connectivity index is 1.83. The lowest BCUT2D eigenvalue weighted by atomic mass is 10.3. The molecule has 2 heterocycles. The molecule has 0 fully saturated rings. The summed E-state index contributed by atoms with van der Waals surface area (Å²) in [6.07, 6.45) is 4.02. The first-order chi connectivity index (χ1) is 10.0. The zero-order chi connectivity index (χ0) is 15.4. The normalized spacial score (nSPS) is 10.9. The van der Waals surface area contributed by atoms with Crippen molar-refractivity contribution < 1.29 is 4.79 Å². The van der Waals surface area contributed by atoms with Gasteiger partial charge in [-0.25, -0.2) is 0 Å². The molecular formula is C13H17Br2N5O. The largest absolute Gasteiger partial charge is 0.350 e. The topological polar surface area (TPSA) is 64.7 Å². The minimum Gasteiger partial charge on any atom is -0.350 e. The number of carbonyl (C=O) groups is 1. The quantitative estimate of drug-likeness (QED) is 0.784. The first-order valence-corrected chi connectivity index (χ1v) is 8.26. The van der Waals surface area contributed by atoms with Crippen molar-refractivity contribution >= 4 is 37.8 Å². The molecule has 0 spiro atoms. The Kier molecular flexibility index (Phi) is 5.58. The van der Waals surface area contributed by atoms with E-state index in [0.717, 1.165) is 26.9 Å². The van der Waals surface area contributed by atoms with Crippen molar-refractivity contribution in [3.63, 3.8) is 0 Å². The molecule has 1 amide bonds. The second-order valence-electron chi connectivity index (χ2n) is 4.61. The lowest BCUT2D eigenvalue weighted by Crippen LogP contribution is -2.25. The number of aryl methyl sites for hydroxylation is 3. The van der Waals surface area contributed by atoms with E-state index in [1.807, 2.05) is 24.7 Å². The van der Waals surface area contributed by atoms with Crippen molar-refractivity contribution in [2.24, 2.45) is 0 Å². The molecule has 0 saturated carbocycles. The molecule has 0 aliphatic rings. The molecule has 0 saturated heterocycles. The van der Waals surface area contributed by atoms with Gasteiger partial charge < -0.3 is 5.32 Å². The lowest BCUT2D eigenvalue weighted by molar-refractivity contribution is -0.121. The van der Waals surface area contributed by atoms with Crippen molar-refractivity contribution in [3.05, 3.63) is 32.7 Å². The van der Waals surface area contributed by atoms with Gasteiger partial charge >= 0.3 is 0 Å². The van der Waals surface area contributed by atoms with Crippen LogP contribution in [0.25, 0.3) is 0 Å². The molecule has 1 N–H and O–H groups in total. The van der Waals surface area contributed by atoms with Gasteiger partial charge in [-0.15, -0.1) is 0 Å². The number of nitrogens with zero attached hydrogens (tertiary/aromatic N) is 4. The van der Waals surface area contributed by atoms with E-state index >= 15 is 0 Å². The summed E-state index contributed by atoms with van der Waals surface area (Å²) in [4.78, 5) is 11.9. The van der Waals surface area contributed by atoms with Gasteiger partial charge in [-0.2, -0.15) is 10.2 Å². The highest BCUT2D eigenvalue weighted by atomic mass is 79.9. The van der Waals surface area contributed by atoms with E-state index in [9.17, 15) is 4.79 Å². The van der Waals surface area contributed by atoms with Crippen molar-refractivity contribution in [2.45, 2.75) is 39.9 Å². The third-order valence-electron chi connectivity index (χ3n) is 3.10. The molecule has 0 radical (unpaired) electrons. The molecular weight excluding hydrogens is 402 g/mol. The summed E-state index contributed by atoms with van der Waals surface area (Å²) in [6.45, 7) is 5.74. The van der Waals surface area contributed by atoms with E-state index in [4.69, 9.17) is 0 Å². The summed E-state index contributed by atoms with van der Waals surface area (Å²) in [7, 11) is 0. The highest BCUT2D eigenvalue weighted by molar-refractivity contribution is 9.10. The van der Waals surface area contributed by atoms with Crippen LogP contribution in [0.15, 0.2) is 21.3 Å². The lowest BCUT2D eigenvalue weighted by Gasteiger charge is -2.08. The third-order valence-corrected chi connectivity index (χ3v) is 4.55. The van der Waals surface area contributed by atoms with Gasteiger partial charge in [0.15, 0.2) is 0 Å². The first-order valence-electron chi connectivity index (χ1n) is 6.67. The van der Waals surface area contributed by atoms with Gasteiger partial charge in [0.2, 0.25) is 5.91 Å². The van der Waals surface area contributed by atoms with Gasteiger partial charge in [-0.1, -0.05) is 0 Å². The third kappa shape index (κ3) is 4.16. The number of halogens is 2. The Hall–Kier alpha value is -1.15. The fraction of sp³-hybridized carbons (Fsp3) is 0.462. The average molecular weight is 419 g/mol. The molecule has 2 aromatic rings. The van der Waals surface area contributed by atoms with Gasteiger partial charge in [0.25, 0.3) is 0 Å². The van der Waals surface area contributed by atoms with Crippen LogP contribution in [0.1, 0.15) is 24.7 Å². The maximum absolute atomic E-state index is 11.9. The van der Waals surface area contributed by atoms with Gasteiger partial charge in [-0.3, -0.25) is 14.2 Å². The summed E-state index contributed by atoms with van der Waals surface area (Å²) < 4.78 is 5.50. The van der Waals surface area contributed by atoms with Crippen LogP contribution in [0.4, 0.5) is 0 Å². The molecule has 6 nitrogen and oxygen atoms in total. The molecule has 8 heteroatoms. The number of carbonyl (C=O) groups excluding carboxylic acids is 1. The van der Waals surface area contributed by atoms with Crippen LogP contribution in [0.2, 0.25) is 0 Å². The monoisotopic (exact) mass is 417 g/mol. The Bertz CT molecular complexity index is 615. The van der Waals surface area contributed by atoms with Crippen LogP contribution >= 0.6 is 31.9 Å². The van der Waals surface area contributed by atoms with Crippen molar-refractivity contribution in [2.75, 3.05) is 0 Å². The molecule has 0 aliphatic carbocycles. The van der Waals surface area contributed by atoms with Crippen molar-refractivity contribution in [1.29, 1.82) is 0 Å². The van der Waals surface area contributed by atoms with Gasteiger partial charge in [0.05, 0.1) is 33.1 Å². The SMILES string of the molecule is CCn1ncc(Br)c1CNC(=O)CCn1cc(Br)c(C)n1. The molecule has 0 aliphatic heterocycles. The molecule has 0 atom stereocenters. The standard InChI is InChI=1S/C13H17Br2N5O/c1-3-20-12(10(14)6-17-20)7-16-13(21)4-5-19-8-11(15)9(2)18-19/h6,8H,3-5,7H2,1-2H3,(H,16,21). The second-order valence-corrected chi connectivity index (χ2v) is 6.32. The summed E-state index contributed by atoms with van der Waals surface area (Å²) in [6, 6.07) is 0. The Morgan fingerprint density at radius 3 is 2.76 bits per heavy atom. The van der Waals surface area contributed by atoms with Crippen molar-refractivity contribution in [3.8, 4) is 0 Å². The molecule has 2 rings (SSSR count). The van der Waals surface area contributed by atoms with E-state index in [-0.39, 0.29) is 5.91 Å². The van der Waals surface area contributed by atoms with E-state index in [1.165, 1.54) is 0 Å². The van der Waals surface area contributed by atoms with Gasteiger partial charge in [0, 0.05) is 25.7 Å². The number of nitrogens with one attached hydrogen (secondary N) is 1. The number of aromatic nitrogens is 4. The van der Waals surface area contributed by atoms with Crippen LogP contribution in [-0.4, -0.2) is 25.5 Å². The molecule has 0 bridgehead atoms. The van der Waals surface area contributed by atoms with E-state index < -0.39 is 0 Å². The van der Waals surface area contributed by atoms with E-state index in [2.05, 4.69) is 47.4 Å². The summed E-state index contributed by atoms with van der Waals surface area (Å²) >= 11 is 6.85. The van der Waals surface area contributed by atoms with Crippen LogP contribution in [0.3, 0.4) is 0 Å². The fourth-order valence-corrected chi connectivity index (χ4v) is 2.68. The Morgan fingerprint density at radius 2 is 2.14 bits per heavy atom. The summed E-state index contributed by atoms with van der Waals surface area (Å²) in [5.74, 6) is -0.00460. The van der Waals surface area contributed by atoms with Crippen LogP contribution in [0.5, 0.6) is 0 Å². The Labute approximate surface area is 140 Å². The average Bonchev–Trinajstić information content (AvgIpc) is 2.97. The number of hydrogen-bond donors (Lipinski definition) is 1. The highest BCUT2D eigenvalue weighted by Gasteiger charge is 2.10. The first kappa shape index (κ1) is 16.2. The fourth-order valence-electron chi connectivity index (χ4n) is 1.93. The molecule has 0 unspecified atom stereocenters. The van der Waals surface area contributed by atoms with Gasteiger partial charge in [-0.05, 0) is 45.7 Å². The predicted octanol–water partition coefficient (Wildman–Crippen LogP) is 2.64. The maximum Gasteiger partial charge on any atom is 0.222 e. The van der Waals surface area contributed by atoms with Gasteiger partial charge in [0.1, 0.15) is 0 Å². The minimum atomic E-state index is -0.00460. The van der Waals surface area contributed by atoms with Crippen LogP contribution in [0, 0.1) is 6.92 Å². The van der Waals surface area contributed by atoms with Crippen molar-refractivity contribution in [1.82, 2.24) is 24.9 Å². The van der Waals surface area contributed by atoms with Crippen LogP contribution in [-0.2, 0) is 24.4 Å². The predicted molar refractivity (Wildman–Crippen MR) is 86.7 cm³/mol. The number of hydrogen-bond acceptors (Lipinski definition) is 3. The van der Waals surface area contributed by atoms with E-state index in [0.29, 0.717) is 19.5 Å². The van der Waals surface area contributed by atoms with Crippen LogP contribution < -0.4 is 5.32 Å². The molecule has 114 valence electrons. The second kappa shape index (κ2) is 7.22. The summed E-state index contributed by atoms with van der Waals surface area (Å²) in [5, 5.41) is 11.4. The maximum atomic E-state index is 11.9. The van der Waals surface area contributed by atoms with E-state index in [1.54, 1.807) is 10.9 Å². The number of amides is 1. The smallest absolute Gasteiger partial charge is 0.222 e. The molecule has 0 aromatic carbocycles. The Morgan fingerprint density at radius 1 is 1.38 bits per heavy atom. The minimum absolute atomic E-state index is 0.00460. The highest BCUT2D eigenvalue weighted by Crippen LogP contribution is 2.16. The number of rotatable bonds is 6. The molecule has 2 aromatic heterocycles. The summed E-state index contributed by atoms with van der Waals surface area (Å²) in [5.41, 5.74) is 1.90. The zero-order valence-electron chi connectivity index (χ0n) is 11.9. The molecule has 21 heavy (non-hydrogen) atoms.